The van der Waals surface area contributed by atoms with E-state index in [0.717, 1.165) is 0 Å². The van der Waals surface area contributed by atoms with Gasteiger partial charge in [0.15, 0.2) is 0 Å². The van der Waals surface area contributed by atoms with E-state index >= 15 is 0 Å². The van der Waals surface area contributed by atoms with Gasteiger partial charge in [0.2, 0.25) is 11.8 Å². The van der Waals surface area contributed by atoms with E-state index in [1.165, 1.54) is 4.90 Å². The van der Waals surface area contributed by atoms with E-state index < -0.39 is 0 Å². The predicted octanol–water partition coefficient (Wildman–Crippen LogP) is -0.0254. The number of hydrogen-bond donors (Lipinski definition) is 1. The van der Waals surface area contributed by atoms with Crippen molar-refractivity contribution in [1.82, 2.24) is 4.90 Å². The van der Waals surface area contributed by atoms with Crippen molar-refractivity contribution < 1.29 is 9.59 Å². The van der Waals surface area contributed by atoms with Gasteiger partial charge in [-0.15, -0.1) is 0 Å². The molecule has 0 radical (unpaired) electrons. The predicted molar refractivity (Wildman–Crippen MR) is 51.1 cm³/mol. The SMILES string of the molecule is CC(C)(C)CN1C(=O)C2C(N)C2C1=O. The van der Waals surface area contributed by atoms with E-state index in [1.807, 2.05) is 20.8 Å². The van der Waals surface area contributed by atoms with Crippen LogP contribution in [0.4, 0.5) is 0 Å². The fraction of sp³-hybridized carbons (Fsp3) is 0.800. The summed E-state index contributed by atoms with van der Waals surface area (Å²) >= 11 is 0. The van der Waals surface area contributed by atoms with Crippen LogP contribution in [-0.2, 0) is 9.59 Å². The molecule has 0 spiro atoms. The van der Waals surface area contributed by atoms with Crippen LogP contribution in [0, 0.1) is 17.3 Å². The molecule has 1 heterocycles. The highest BCUT2D eigenvalue weighted by Crippen LogP contribution is 2.46. The van der Waals surface area contributed by atoms with Gasteiger partial charge in [-0.25, -0.2) is 0 Å². The monoisotopic (exact) mass is 196 g/mol. The second-order valence-electron chi connectivity index (χ2n) is 5.45. The van der Waals surface area contributed by atoms with Gasteiger partial charge in [0.25, 0.3) is 0 Å². The average molecular weight is 196 g/mol. The maximum atomic E-state index is 11.7. The number of imide groups is 1. The van der Waals surface area contributed by atoms with Crippen molar-refractivity contribution in [2.24, 2.45) is 23.0 Å². The van der Waals surface area contributed by atoms with Gasteiger partial charge in [-0.1, -0.05) is 20.8 Å². The second-order valence-corrected chi connectivity index (χ2v) is 5.45. The first-order valence-electron chi connectivity index (χ1n) is 4.94. The van der Waals surface area contributed by atoms with Gasteiger partial charge >= 0.3 is 0 Å². The quantitative estimate of drug-likeness (QED) is 0.599. The molecule has 0 aromatic rings. The number of rotatable bonds is 1. The largest absolute Gasteiger partial charge is 0.326 e. The van der Waals surface area contributed by atoms with Gasteiger partial charge in [-0.3, -0.25) is 14.5 Å². The van der Waals surface area contributed by atoms with Crippen LogP contribution in [0.25, 0.3) is 0 Å². The smallest absolute Gasteiger partial charge is 0.234 e. The molecule has 1 aliphatic carbocycles. The fourth-order valence-corrected chi connectivity index (χ4v) is 2.07. The van der Waals surface area contributed by atoms with E-state index in [2.05, 4.69) is 0 Å². The molecule has 1 saturated heterocycles. The third kappa shape index (κ3) is 1.25. The fourth-order valence-electron chi connectivity index (χ4n) is 2.07. The molecule has 4 heteroatoms. The Bertz CT molecular complexity index is 284. The summed E-state index contributed by atoms with van der Waals surface area (Å²) in [5.74, 6) is -0.542. The van der Waals surface area contributed by atoms with Crippen LogP contribution in [0.15, 0.2) is 0 Å². The summed E-state index contributed by atoms with van der Waals surface area (Å²) in [6, 6.07) is -0.203. The van der Waals surface area contributed by atoms with Crippen LogP contribution in [0.2, 0.25) is 0 Å². The maximum Gasteiger partial charge on any atom is 0.234 e. The first-order chi connectivity index (χ1) is 6.33. The van der Waals surface area contributed by atoms with Gasteiger partial charge in [0.05, 0.1) is 11.8 Å². The highest BCUT2D eigenvalue weighted by Gasteiger charge is 2.65. The van der Waals surface area contributed by atoms with E-state index in [0.29, 0.717) is 6.54 Å². The summed E-state index contributed by atoms with van der Waals surface area (Å²) in [5.41, 5.74) is 5.57. The maximum absolute atomic E-state index is 11.7. The third-order valence-corrected chi connectivity index (χ3v) is 2.81. The molecule has 2 unspecified atom stereocenters. The summed E-state index contributed by atoms with van der Waals surface area (Å²) in [7, 11) is 0. The van der Waals surface area contributed by atoms with E-state index in [4.69, 9.17) is 5.73 Å². The Kier molecular flexibility index (Phi) is 1.77. The number of carbonyl (C=O) groups is 2. The number of amides is 2. The summed E-state index contributed by atoms with van der Waals surface area (Å²) in [5, 5.41) is 0. The third-order valence-electron chi connectivity index (χ3n) is 2.81. The molecule has 2 rings (SSSR count). The van der Waals surface area contributed by atoms with Gasteiger partial charge in [0, 0.05) is 12.6 Å². The zero-order valence-electron chi connectivity index (χ0n) is 8.78. The molecular weight excluding hydrogens is 180 g/mol. The molecule has 1 saturated carbocycles. The Morgan fingerprint density at radius 2 is 1.64 bits per heavy atom. The Labute approximate surface area is 83.4 Å². The minimum Gasteiger partial charge on any atom is -0.326 e. The van der Waals surface area contributed by atoms with Crippen LogP contribution in [0.1, 0.15) is 20.8 Å². The first-order valence-corrected chi connectivity index (χ1v) is 4.94. The summed E-state index contributed by atoms with van der Waals surface area (Å²) < 4.78 is 0. The van der Waals surface area contributed by atoms with Crippen molar-refractivity contribution in [3.8, 4) is 0 Å². The Balaban J connectivity index is 2.10. The van der Waals surface area contributed by atoms with E-state index in [9.17, 15) is 9.59 Å². The van der Waals surface area contributed by atoms with Gasteiger partial charge < -0.3 is 5.73 Å². The first kappa shape index (κ1) is 9.65. The molecule has 1 aliphatic heterocycles. The van der Waals surface area contributed by atoms with Crippen molar-refractivity contribution >= 4 is 11.8 Å². The molecule has 14 heavy (non-hydrogen) atoms. The number of hydrogen-bond acceptors (Lipinski definition) is 3. The molecule has 2 amide bonds. The molecule has 78 valence electrons. The molecule has 2 fully saturated rings. The number of fused-ring (bicyclic) bond motifs is 1. The molecule has 2 N–H and O–H groups in total. The molecule has 4 nitrogen and oxygen atoms in total. The Hall–Kier alpha value is -0.900. The summed E-state index contributed by atoms with van der Waals surface area (Å²) in [6.45, 7) is 6.54. The Morgan fingerprint density at radius 1 is 1.21 bits per heavy atom. The van der Waals surface area contributed by atoms with Gasteiger partial charge in [0.1, 0.15) is 0 Å². The van der Waals surface area contributed by atoms with Crippen molar-refractivity contribution in [2.75, 3.05) is 6.54 Å². The van der Waals surface area contributed by atoms with E-state index in [-0.39, 0.29) is 35.1 Å². The van der Waals surface area contributed by atoms with Gasteiger partial charge in [-0.2, -0.15) is 0 Å². The minimum absolute atomic E-state index is 0.0355. The molecule has 0 aromatic carbocycles. The lowest BCUT2D eigenvalue weighted by molar-refractivity contribution is -0.143. The topological polar surface area (TPSA) is 63.4 Å². The van der Waals surface area contributed by atoms with E-state index in [1.54, 1.807) is 0 Å². The molecular formula is C10H16N2O2. The average Bonchev–Trinajstić information content (AvgIpc) is 2.61. The van der Waals surface area contributed by atoms with Crippen molar-refractivity contribution in [2.45, 2.75) is 26.8 Å². The zero-order chi connectivity index (χ0) is 10.7. The molecule has 0 aromatic heterocycles. The molecule has 0 bridgehead atoms. The lowest BCUT2D eigenvalue weighted by Crippen LogP contribution is -2.42. The number of likely N-dealkylation sites (tertiary alicyclic amines) is 1. The van der Waals surface area contributed by atoms with Crippen molar-refractivity contribution in [3.63, 3.8) is 0 Å². The molecule has 2 aliphatic rings. The summed E-state index contributed by atoms with van der Waals surface area (Å²) in [4.78, 5) is 24.7. The van der Waals surface area contributed by atoms with Crippen molar-refractivity contribution in [1.29, 1.82) is 0 Å². The standard InChI is InChI=1S/C10H16N2O2/c1-10(2,3)4-12-8(13)5-6(7(5)11)9(12)14/h5-7H,4,11H2,1-3H3. The van der Waals surface area contributed by atoms with Crippen LogP contribution >= 0.6 is 0 Å². The second kappa shape index (κ2) is 2.57. The zero-order valence-corrected chi connectivity index (χ0v) is 8.78. The lowest BCUT2D eigenvalue weighted by Gasteiger charge is -2.26. The highest BCUT2D eigenvalue weighted by atomic mass is 16.2. The minimum atomic E-state index is -0.204. The number of nitrogens with zero attached hydrogens (tertiary/aromatic N) is 1. The van der Waals surface area contributed by atoms with Crippen LogP contribution in [0.3, 0.4) is 0 Å². The molecule has 2 atom stereocenters. The number of carbonyl (C=O) groups excluding carboxylic acids is 2. The van der Waals surface area contributed by atoms with Gasteiger partial charge in [-0.05, 0) is 5.41 Å². The highest BCUT2D eigenvalue weighted by molar-refractivity contribution is 6.10. The van der Waals surface area contributed by atoms with Crippen LogP contribution < -0.4 is 5.73 Å². The van der Waals surface area contributed by atoms with Crippen LogP contribution in [-0.4, -0.2) is 29.3 Å². The van der Waals surface area contributed by atoms with Crippen LogP contribution in [0.5, 0.6) is 0 Å². The Morgan fingerprint density at radius 3 is 2.00 bits per heavy atom. The number of nitrogens with two attached hydrogens (primary N) is 1. The van der Waals surface area contributed by atoms with Crippen molar-refractivity contribution in [3.05, 3.63) is 0 Å². The number of piperidine rings is 1. The summed E-state index contributed by atoms with van der Waals surface area (Å²) in [6.07, 6.45) is 0. The normalized spacial score (nSPS) is 36.3. The lowest BCUT2D eigenvalue weighted by atomic mass is 9.96.